The zero-order chi connectivity index (χ0) is 18.5. The van der Waals surface area contributed by atoms with E-state index in [4.69, 9.17) is 23.8 Å². The topological polar surface area (TPSA) is 62.3 Å². The van der Waals surface area contributed by atoms with Gasteiger partial charge in [0.05, 0.1) is 4.91 Å². The van der Waals surface area contributed by atoms with E-state index < -0.39 is 0 Å². The first-order chi connectivity index (χ1) is 12.5. The molecule has 26 heavy (non-hydrogen) atoms. The van der Waals surface area contributed by atoms with Crippen molar-refractivity contribution in [3.8, 4) is 0 Å². The minimum absolute atomic E-state index is 0.123. The van der Waals surface area contributed by atoms with Gasteiger partial charge in [0.25, 0.3) is 5.91 Å². The lowest BCUT2D eigenvalue weighted by atomic mass is 10.2. The van der Waals surface area contributed by atoms with E-state index in [9.17, 15) is 9.59 Å². The average Bonchev–Trinajstić information content (AvgIpc) is 3.20. The minimum atomic E-state index is -0.129. The molecular formula is C17H14ClN3O2S3. The van der Waals surface area contributed by atoms with Crippen LogP contribution in [0.4, 0.5) is 5.13 Å². The number of halogens is 1. The molecule has 2 aromatic rings. The number of carbonyl (C=O) groups is 2. The molecule has 0 unspecified atom stereocenters. The Labute approximate surface area is 169 Å². The first-order valence-corrected chi connectivity index (χ1v) is 10.2. The number of aromatic nitrogens is 1. The van der Waals surface area contributed by atoms with Gasteiger partial charge in [-0.25, -0.2) is 4.98 Å². The Morgan fingerprint density at radius 3 is 2.81 bits per heavy atom. The zero-order valence-electron chi connectivity index (χ0n) is 13.5. The van der Waals surface area contributed by atoms with E-state index >= 15 is 0 Å². The number of thioether (sulfide) groups is 1. The molecule has 1 aromatic carbocycles. The van der Waals surface area contributed by atoms with Crippen LogP contribution in [0, 0.1) is 0 Å². The van der Waals surface area contributed by atoms with Crippen molar-refractivity contribution in [2.75, 3.05) is 11.9 Å². The molecular weight excluding hydrogens is 410 g/mol. The van der Waals surface area contributed by atoms with Crippen molar-refractivity contribution < 1.29 is 9.59 Å². The first kappa shape index (κ1) is 19.0. The van der Waals surface area contributed by atoms with Gasteiger partial charge in [-0.05, 0) is 30.2 Å². The zero-order valence-corrected chi connectivity index (χ0v) is 16.7. The number of thiocarbonyl (C=S) groups is 1. The predicted octanol–water partition coefficient (Wildman–Crippen LogP) is 4.42. The van der Waals surface area contributed by atoms with Gasteiger partial charge in [0.15, 0.2) is 5.13 Å². The fraction of sp³-hybridized carbons (Fsp3) is 0.176. The number of nitrogens with one attached hydrogen (secondary N) is 1. The maximum absolute atomic E-state index is 12.5. The molecule has 1 aliphatic rings. The van der Waals surface area contributed by atoms with Gasteiger partial charge in [0.1, 0.15) is 4.32 Å². The summed E-state index contributed by atoms with van der Waals surface area (Å²) in [6.45, 7) is 0.411. The molecule has 0 aliphatic carbocycles. The summed E-state index contributed by atoms with van der Waals surface area (Å²) >= 11 is 13.8. The summed E-state index contributed by atoms with van der Waals surface area (Å²) in [6, 6.07) is 7.24. The van der Waals surface area contributed by atoms with Gasteiger partial charge >= 0.3 is 0 Å². The van der Waals surface area contributed by atoms with Crippen LogP contribution >= 0.6 is 46.9 Å². The molecule has 1 aromatic heterocycles. The number of hydrogen-bond acceptors (Lipinski definition) is 6. The van der Waals surface area contributed by atoms with Gasteiger partial charge in [-0.15, -0.1) is 11.3 Å². The normalized spacial score (nSPS) is 15.7. The fourth-order valence-electron chi connectivity index (χ4n) is 2.27. The second-order valence-electron chi connectivity index (χ2n) is 5.37. The van der Waals surface area contributed by atoms with Crippen LogP contribution in [0.25, 0.3) is 6.08 Å². The highest BCUT2D eigenvalue weighted by Crippen LogP contribution is 2.32. The Hall–Kier alpha value is -1.74. The lowest BCUT2D eigenvalue weighted by Gasteiger charge is -2.13. The molecule has 9 heteroatoms. The van der Waals surface area contributed by atoms with E-state index in [-0.39, 0.29) is 11.8 Å². The van der Waals surface area contributed by atoms with Crippen LogP contribution in [-0.2, 0) is 9.59 Å². The van der Waals surface area contributed by atoms with Crippen molar-refractivity contribution in [1.29, 1.82) is 0 Å². The third-order valence-electron chi connectivity index (χ3n) is 3.51. The highest BCUT2D eigenvalue weighted by Gasteiger charge is 2.31. The van der Waals surface area contributed by atoms with Crippen molar-refractivity contribution in [1.82, 2.24) is 9.88 Å². The average molecular weight is 424 g/mol. The molecule has 5 nitrogen and oxygen atoms in total. The summed E-state index contributed by atoms with van der Waals surface area (Å²) in [4.78, 5) is 30.5. The summed E-state index contributed by atoms with van der Waals surface area (Å²) in [5, 5.41) is 5.73. The molecule has 1 saturated heterocycles. The number of amides is 2. The third kappa shape index (κ3) is 4.91. The lowest BCUT2D eigenvalue weighted by molar-refractivity contribution is -0.122. The number of benzene rings is 1. The maximum atomic E-state index is 12.5. The van der Waals surface area contributed by atoms with Crippen LogP contribution in [-0.4, -0.2) is 32.6 Å². The predicted molar refractivity (Wildman–Crippen MR) is 111 cm³/mol. The first-order valence-electron chi connectivity index (χ1n) is 7.73. The summed E-state index contributed by atoms with van der Waals surface area (Å²) in [5.41, 5.74) is 0.887. The molecule has 0 spiro atoms. The van der Waals surface area contributed by atoms with Crippen LogP contribution in [0.2, 0.25) is 5.02 Å². The molecule has 0 bridgehead atoms. The van der Waals surface area contributed by atoms with Gasteiger partial charge in [-0.1, -0.05) is 47.7 Å². The van der Waals surface area contributed by atoms with Gasteiger partial charge in [-0.2, -0.15) is 0 Å². The molecule has 0 saturated carbocycles. The van der Waals surface area contributed by atoms with E-state index in [2.05, 4.69) is 10.3 Å². The number of thiazole rings is 1. The van der Waals surface area contributed by atoms with E-state index in [1.807, 2.05) is 12.1 Å². The van der Waals surface area contributed by atoms with Crippen molar-refractivity contribution in [2.45, 2.75) is 12.8 Å². The van der Waals surface area contributed by atoms with Crippen LogP contribution < -0.4 is 5.32 Å². The van der Waals surface area contributed by atoms with Crippen molar-refractivity contribution in [2.24, 2.45) is 0 Å². The molecule has 1 fully saturated rings. The summed E-state index contributed by atoms with van der Waals surface area (Å²) in [7, 11) is 0. The number of carbonyl (C=O) groups excluding carboxylic acids is 2. The monoisotopic (exact) mass is 423 g/mol. The van der Waals surface area contributed by atoms with E-state index in [0.29, 0.717) is 38.8 Å². The Bertz CT molecular complexity index is 851. The number of anilines is 1. The SMILES string of the molecule is O=C(CCCN1C(=O)/C(=C/c2ccc(Cl)cc2)SC1=S)Nc1nccs1. The minimum Gasteiger partial charge on any atom is -0.302 e. The Morgan fingerprint density at radius 1 is 1.35 bits per heavy atom. The molecule has 1 N–H and O–H groups in total. The van der Waals surface area contributed by atoms with E-state index in [1.165, 1.54) is 23.1 Å². The number of rotatable bonds is 6. The van der Waals surface area contributed by atoms with Crippen molar-refractivity contribution >= 4 is 74.3 Å². The van der Waals surface area contributed by atoms with Crippen molar-refractivity contribution in [3.05, 3.63) is 51.3 Å². The summed E-state index contributed by atoms with van der Waals surface area (Å²) in [6.07, 6.45) is 4.25. The number of hydrogen-bond donors (Lipinski definition) is 1. The van der Waals surface area contributed by atoms with Crippen LogP contribution in [0.5, 0.6) is 0 Å². The molecule has 1 aliphatic heterocycles. The van der Waals surface area contributed by atoms with Crippen LogP contribution in [0.3, 0.4) is 0 Å². The molecule has 2 heterocycles. The van der Waals surface area contributed by atoms with Gasteiger partial charge in [-0.3, -0.25) is 14.5 Å². The van der Waals surface area contributed by atoms with Crippen molar-refractivity contribution in [3.63, 3.8) is 0 Å². The lowest BCUT2D eigenvalue weighted by Crippen LogP contribution is -2.29. The largest absolute Gasteiger partial charge is 0.302 e. The van der Waals surface area contributed by atoms with E-state index in [0.717, 1.165) is 5.56 Å². The third-order valence-corrected chi connectivity index (χ3v) is 5.82. The maximum Gasteiger partial charge on any atom is 0.266 e. The molecule has 3 rings (SSSR count). The molecule has 134 valence electrons. The fourth-order valence-corrected chi connectivity index (χ4v) is 4.25. The number of nitrogens with zero attached hydrogens (tertiary/aromatic N) is 2. The van der Waals surface area contributed by atoms with Gasteiger partial charge in [0, 0.05) is 29.6 Å². The standard InChI is InChI=1S/C17H14ClN3O2S3/c18-12-5-3-11(4-6-12)10-13-15(23)21(17(24)26-13)8-1-2-14(22)20-16-19-7-9-25-16/h3-7,9-10H,1-2,8H2,(H,19,20,22)/b13-10-. The highest BCUT2D eigenvalue weighted by atomic mass is 35.5. The summed E-state index contributed by atoms with van der Waals surface area (Å²) < 4.78 is 0.510. The molecule has 2 amide bonds. The smallest absolute Gasteiger partial charge is 0.266 e. The van der Waals surface area contributed by atoms with Gasteiger partial charge < -0.3 is 5.32 Å². The molecule has 0 radical (unpaired) electrons. The van der Waals surface area contributed by atoms with Crippen LogP contribution in [0.1, 0.15) is 18.4 Å². The van der Waals surface area contributed by atoms with Gasteiger partial charge in [0.2, 0.25) is 5.91 Å². The quantitative estimate of drug-likeness (QED) is 0.550. The molecule has 0 atom stereocenters. The van der Waals surface area contributed by atoms with Crippen LogP contribution in [0.15, 0.2) is 40.7 Å². The van der Waals surface area contributed by atoms with E-state index in [1.54, 1.807) is 34.7 Å². The Morgan fingerprint density at radius 2 is 2.12 bits per heavy atom. The Balaban J connectivity index is 1.54. The Kier molecular flexibility index (Phi) is 6.42. The second-order valence-corrected chi connectivity index (χ2v) is 8.38. The second kappa shape index (κ2) is 8.77. The highest BCUT2D eigenvalue weighted by molar-refractivity contribution is 8.26. The summed E-state index contributed by atoms with van der Waals surface area (Å²) in [5.74, 6) is -0.252.